The van der Waals surface area contributed by atoms with Crippen LogP contribution in [0.1, 0.15) is 31.4 Å². The van der Waals surface area contributed by atoms with Gasteiger partial charge in [0.25, 0.3) is 0 Å². The number of aromatic amines is 1. The fraction of sp³-hybridized carbons (Fsp3) is 0.556. The summed E-state index contributed by atoms with van der Waals surface area (Å²) in [6.45, 7) is -0.161. The molecule has 1 aromatic rings. The summed E-state index contributed by atoms with van der Waals surface area (Å²) in [7, 11) is 0. The molecule has 1 aliphatic rings. The molecule has 2 rings (SSSR count). The van der Waals surface area contributed by atoms with Crippen molar-refractivity contribution in [3.63, 3.8) is 0 Å². The highest BCUT2D eigenvalue weighted by atomic mass is 16.4. The number of nitrogens with two attached hydrogens (primary N) is 1. The van der Waals surface area contributed by atoms with E-state index in [1.165, 1.54) is 17.4 Å². The number of aliphatic carboxylic acids is 2. The fourth-order valence-electron chi connectivity index (χ4n) is 3.37. The predicted molar refractivity (Wildman–Crippen MR) is 104 cm³/mol. The van der Waals surface area contributed by atoms with Crippen LogP contribution in [0.15, 0.2) is 12.5 Å². The molecule has 3 unspecified atom stereocenters. The molecule has 7 N–H and O–H groups in total. The lowest BCUT2D eigenvalue weighted by molar-refractivity contribution is -0.145. The van der Waals surface area contributed by atoms with E-state index < -0.39 is 47.8 Å². The Bertz CT molecular complexity index is 812. The van der Waals surface area contributed by atoms with Crippen LogP contribution in [0.4, 0.5) is 0 Å². The molecule has 0 spiro atoms. The minimum Gasteiger partial charge on any atom is -0.481 e. The number of H-pyrrole nitrogens is 1. The number of hydrogen-bond acceptors (Lipinski definition) is 7. The molecule has 2 heterocycles. The van der Waals surface area contributed by atoms with Gasteiger partial charge in [0.1, 0.15) is 18.1 Å². The van der Waals surface area contributed by atoms with Crippen molar-refractivity contribution in [1.29, 1.82) is 0 Å². The topological polar surface area (TPSA) is 208 Å². The number of carboxylic acid groups (broad SMARTS) is 2. The summed E-state index contributed by atoms with van der Waals surface area (Å²) < 4.78 is 0. The van der Waals surface area contributed by atoms with Gasteiger partial charge in [-0.2, -0.15) is 0 Å². The van der Waals surface area contributed by atoms with Gasteiger partial charge in [0, 0.05) is 31.3 Å². The smallest absolute Gasteiger partial charge is 0.326 e. The molecule has 13 nitrogen and oxygen atoms in total. The Kier molecular flexibility index (Phi) is 8.49. The molecule has 3 atom stereocenters. The molecule has 1 fully saturated rings. The second-order valence-electron chi connectivity index (χ2n) is 7.13. The highest BCUT2D eigenvalue weighted by molar-refractivity contribution is 5.94. The lowest BCUT2D eigenvalue weighted by Crippen LogP contribution is -2.56. The number of nitrogens with zero attached hydrogens (tertiary/aromatic N) is 2. The average Bonchev–Trinajstić information content (AvgIpc) is 3.41. The number of aromatic nitrogens is 2. The minimum atomic E-state index is -1.24. The van der Waals surface area contributed by atoms with Crippen LogP contribution in [0.3, 0.4) is 0 Å². The number of carbonyl (C=O) groups is 5. The fourth-order valence-corrected chi connectivity index (χ4v) is 3.37. The van der Waals surface area contributed by atoms with Crippen molar-refractivity contribution in [3.8, 4) is 0 Å². The maximum absolute atomic E-state index is 13.0. The van der Waals surface area contributed by atoms with E-state index in [-0.39, 0.29) is 32.4 Å². The molecule has 13 heteroatoms. The summed E-state index contributed by atoms with van der Waals surface area (Å²) in [5.41, 5.74) is 5.78. The Balaban J connectivity index is 2.09. The van der Waals surface area contributed by atoms with E-state index >= 15 is 0 Å². The third-order valence-corrected chi connectivity index (χ3v) is 4.90. The van der Waals surface area contributed by atoms with Crippen LogP contribution in [0.25, 0.3) is 0 Å². The molecule has 31 heavy (non-hydrogen) atoms. The predicted octanol–water partition coefficient (Wildman–Crippen LogP) is -2.18. The SMILES string of the molecule is NCC(=O)NC(CCC(=O)O)C(=O)N1CCCC1C(=O)NC(Cc1cnc[nH]1)C(=O)O. The van der Waals surface area contributed by atoms with Gasteiger partial charge in [-0.25, -0.2) is 9.78 Å². The van der Waals surface area contributed by atoms with E-state index in [1.807, 2.05) is 0 Å². The lowest BCUT2D eigenvalue weighted by Gasteiger charge is -2.29. The second kappa shape index (κ2) is 11.1. The van der Waals surface area contributed by atoms with E-state index in [1.54, 1.807) is 0 Å². The van der Waals surface area contributed by atoms with Crippen LogP contribution in [-0.4, -0.2) is 86.0 Å². The number of nitrogens with one attached hydrogen (secondary N) is 3. The Morgan fingerprint density at radius 2 is 1.97 bits per heavy atom. The molecule has 170 valence electrons. The van der Waals surface area contributed by atoms with Crippen LogP contribution < -0.4 is 16.4 Å². The lowest BCUT2D eigenvalue weighted by atomic mass is 10.1. The van der Waals surface area contributed by atoms with Crippen molar-refractivity contribution >= 4 is 29.7 Å². The van der Waals surface area contributed by atoms with Crippen molar-refractivity contribution in [2.45, 2.75) is 50.2 Å². The molecule has 3 amide bonds. The van der Waals surface area contributed by atoms with E-state index in [4.69, 9.17) is 10.8 Å². The molecule has 1 aromatic heterocycles. The highest BCUT2D eigenvalue weighted by Crippen LogP contribution is 2.20. The van der Waals surface area contributed by atoms with Crippen molar-refractivity contribution in [1.82, 2.24) is 25.5 Å². The number of rotatable bonds is 11. The molecule has 0 saturated carbocycles. The van der Waals surface area contributed by atoms with Gasteiger partial charge in [0.2, 0.25) is 17.7 Å². The largest absolute Gasteiger partial charge is 0.481 e. The minimum absolute atomic E-state index is 0.0183. The Morgan fingerprint density at radius 1 is 1.23 bits per heavy atom. The van der Waals surface area contributed by atoms with Crippen molar-refractivity contribution in [2.24, 2.45) is 5.73 Å². The first-order chi connectivity index (χ1) is 14.7. The summed E-state index contributed by atoms with van der Waals surface area (Å²) in [6, 6.07) is -3.32. The molecule has 1 aliphatic heterocycles. The summed E-state index contributed by atoms with van der Waals surface area (Å²) >= 11 is 0. The Labute approximate surface area is 177 Å². The van der Waals surface area contributed by atoms with Crippen LogP contribution in [0.5, 0.6) is 0 Å². The zero-order valence-electron chi connectivity index (χ0n) is 16.7. The number of imidazole rings is 1. The molecule has 0 aromatic carbocycles. The summed E-state index contributed by atoms with van der Waals surface area (Å²) in [5, 5.41) is 23.2. The van der Waals surface area contributed by atoms with Gasteiger partial charge >= 0.3 is 11.9 Å². The third kappa shape index (κ3) is 6.77. The van der Waals surface area contributed by atoms with Gasteiger partial charge in [0.15, 0.2) is 0 Å². The number of carboxylic acids is 2. The van der Waals surface area contributed by atoms with Crippen LogP contribution in [-0.2, 0) is 30.4 Å². The zero-order valence-corrected chi connectivity index (χ0v) is 16.7. The molecule has 1 saturated heterocycles. The molecular weight excluding hydrogens is 412 g/mol. The molecule has 0 aliphatic carbocycles. The molecule has 0 bridgehead atoms. The van der Waals surface area contributed by atoms with Crippen LogP contribution in [0, 0.1) is 0 Å². The van der Waals surface area contributed by atoms with Crippen molar-refractivity contribution in [3.05, 3.63) is 18.2 Å². The summed E-state index contributed by atoms with van der Waals surface area (Å²) in [6.07, 6.45) is 3.10. The van der Waals surface area contributed by atoms with E-state index in [2.05, 4.69) is 20.6 Å². The first-order valence-corrected chi connectivity index (χ1v) is 9.75. The molecular formula is C18H26N6O7. The normalized spacial score (nSPS) is 17.6. The summed E-state index contributed by atoms with van der Waals surface area (Å²) in [5.74, 6) is -4.26. The monoisotopic (exact) mass is 438 g/mol. The van der Waals surface area contributed by atoms with Gasteiger partial charge in [-0.3, -0.25) is 19.2 Å². The standard InChI is InChI=1S/C18H26N6O7/c19-7-14(25)22-11(3-4-15(26)27)17(29)24-5-1-2-13(24)16(28)23-12(18(30)31)6-10-8-20-9-21-10/h8-9,11-13H,1-7,19H2,(H,20,21)(H,22,25)(H,23,28)(H,26,27)(H,30,31). The van der Waals surface area contributed by atoms with Gasteiger partial charge < -0.3 is 36.5 Å². The Hall–Kier alpha value is -3.48. The van der Waals surface area contributed by atoms with Crippen LogP contribution >= 0.6 is 0 Å². The highest BCUT2D eigenvalue weighted by Gasteiger charge is 2.38. The zero-order chi connectivity index (χ0) is 23.0. The number of amides is 3. The first kappa shape index (κ1) is 23.8. The van der Waals surface area contributed by atoms with E-state index in [0.29, 0.717) is 18.5 Å². The van der Waals surface area contributed by atoms with Crippen LogP contribution in [0.2, 0.25) is 0 Å². The van der Waals surface area contributed by atoms with E-state index in [0.717, 1.165) is 0 Å². The van der Waals surface area contributed by atoms with Gasteiger partial charge in [-0.05, 0) is 19.3 Å². The average molecular weight is 438 g/mol. The second-order valence-corrected chi connectivity index (χ2v) is 7.13. The van der Waals surface area contributed by atoms with Gasteiger partial charge in [-0.1, -0.05) is 0 Å². The molecule has 0 radical (unpaired) electrons. The first-order valence-electron chi connectivity index (χ1n) is 9.75. The Morgan fingerprint density at radius 3 is 2.55 bits per heavy atom. The summed E-state index contributed by atoms with van der Waals surface area (Å²) in [4.78, 5) is 67.7. The number of carbonyl (C=O) groups excluding carboxylic acids is 3. The van der Waals surface area contributed by atoms with Gasteiger partial charge in [0.05, 0.1) is 12.9 Å². The van der Waals surface area contributed by atoms with Crippen molar-refractivity contribution < 1.29 is 34.2 Å². The number of likely N-dealkylation sites (tertiary alicyclic amines) is 1. The van der Waals surface area contributed by atoms with Gasteiger partial charge in [-0.15, -0.1) is 0 Å². The maximum atomic E-state index is 13.0. The van der Waals surface area contributed by atoms with E-state index in [9.17, 15) is 29.1 Å². The maximum Gasteiger partial charge on any atom is 0.326 e. The number of hydrogen-bond donors (Lipinski definition) is 6. The van der Waals surface area contributed by atoms with Crippen molar-refractivity contribution in [2.75, 3.05) is 13.1 Å². The third-order valence-electron chi connectivity index (χ3n) is 4.90. The quantitative estimate of drug-likeness (QED) is 0.222.